The predicted molar refractivity (Wildman–Crippen MR) is 101 cm³/mol. The van der Waals surface area contributed by atoms with Gasteiger partial charge in [0.25, 0.3) is 0 Å². The van der Waals surface area contributed by atoms with E-state index in [0.717, 1.165) is 47.0 Å². The number of aromatic nitrogens is 3. The zero-order valence-electron chi connectivity index (χ0n) is 14.1. The molecule has 134 valence electrons. The second-order valence-electron chi connectivity index (χ2n) is 6.10. The molecule has 3 aromatic rings. The molecule has 2 aromatic heterocycles. The van der Waals surface area contributed by atoms with E-state index in [4.69, 9.17) is 0 Å². The van der Waals surface area contributed by atoms with Gasteiger partial charge in [-0.05, 0) is 44.4 Å². The van der Waals surface area contributed by atoms with Gasteiger partial charge >= 0.3 is 0 Å². The molecule has 1 fully saturated rings. The second-order valence-corrected chi connectivity index (χ2v) is 6.10. The minimum atomic E-state index is -0.236. The highest BCUT2D eigenvalue weighted by Crippen LogP contribution is 2.30. The van der Waals surface area contributed by atoms with Gasteiger partial charge < -0.3 is 15.4 Å². The Morgan fingerprint density at radius 1 is 1.08 bits per heavy atom. The Kier molecular flexibility index (Phi) is 5.98. The van der Waals surface area contributed by atoms with Crippen molar-refractivity contribution in [3.05, 3.63) is 42.0 Å². The summed E-state index contributed by atoms with van der Waals surface area (Å²) in [6.45, 7) is 3.97. The molecule has 0 spiro atoms. The van der Waals surface area contributed by atoms with Gasteiger partial charge in [0.15, 0.2) is 5.82 Å². The topological polar surface area (TPSA) is 76.3 Å². The van der Waals surface area contributed by atoms with Gasteiger partial charge in [-0.15, -0.1) is 12.4 Å². The number of hydrogen-bond acceptors (Lipinski definition) is 3. The Balaban J connectivity index is 0.00000113. The summed E-state index contributed by atoms with van der Waals surface area (Å²) in [6, 6.07) is 8.58. The maximum Gasteiger partial charge on any atom is 0.156 e. The molecule has 7 heteroatoms. The van der Waals surface area contributed by atoms with E-state index >= 15 is 0 Å². The standard InChI is InChI=1S/C18H19FN4.ClH.H2O/c1-12-20-16-11-15(13-6-5-7-14(19)10-13)22-17(16)18(21-12)23-8-3-2-4-9-23;;/h5-7,10-11,22H,2-4,8-9H2,1H3;1H;1H2. The summed E-state index contributed by atoms with van der Waals surface area (Å²) in [5.41, 5.74) is 3.53. The zero-order valence-corrected chi connectivity index (χ0v) is 14.9. The number of H-pyrrole nitrogens is 1. The van der Waals surface area contributed by atoms with Gasteiger partial charge in [0.2, 0.25) is 0 Å². The lowest BCUT2D eigenvalue weighted by Gasteiger charge is -2.28. The largest absolute Gasteiger partial charge is 0.412 e. The Bertz CT molecular complexity index is 861. The van der Waals surface area contributed by atoms with Crippen LogP contribution in [0, 0.1) is 12.7 Å². The van der Waals surface area contributed by atoms with Gasteiger partial charge in [-0.1, -0.05) is 12.1 Å². The number of nitrogens with zero attached hydrogens (tertiary/aromatic N) is 3. The minimum Gasteiger partial charge on any atom is -0.412 e. The van der Waals surface area contributed by atoms with Gasteiger partial charge in [0, 0.05) is 24.3 Å². The molecule has 0 saturated carbocycles. The first-order chi connectivity index (χ1) is 11.2. The lowest BCUT2D eigenvalue weighted by molar-refractivity contribution is 0.574. The zero-order chi connectivity index (χ0) is 15.8. The molecule has 0 radical (unpaired) electrons. The second kappa shape index (κ2) is 7.80. The molecular weight excluding hydrogens is 343 g/mol. The number of piperidine rings is 1. The van der Waals surface area contributed by atoms with Crippen molar-refractivity contribution in [1.82, 2.24) is 15.0 Å². The number of halogens is 2. The van der Waals surface area contributed by atoms with Gasteiger partial charge in [0.05, 0.1) is 5.52 Å². The van der Waals surface area contributed by atoms with Gasteiger partial charge in [-0.3, -0.25) is 0 Å². The van der Waals surface area contributed by atoms with Crippen LogP contribution in [0.15, 0.2) is 30.3 Å². The summed E-state index contributed by atoms with van der Waals surface area (Å²) in [5, 5.41) is 0. The minimum absolute atomic E-state index is 0. The summed E-state index contributed by atoms with van der Waals surface area (Å²) in [5.74, 6) is 1.50. The highest BCUT2D eigenvalue weighted by atomic mass is 35.5. The quantitative estimate of drug-likeness (QED) is 0.753. The van der Waals surface area contributed by atoms with E-state index in [-0.39, 0.29) is 23.7 Å². The fourth-order valence-electron chi connectivity index (χ4n) is 3.26. The van der Waals surface area contributed by atoms with Crippen LogP contribution in [-0.2, 0) is 0 Å². The monoisotopic (exact) mass is 364 g/mol. The maximum absolute atomic E-state index is 13.5. The normalized spacial score (nSPS) is 14.1. The first-order valence-electron chi connectivity index (χ1n) is 8.09. The van der Waals surface area contributed by atoms with Gasteiger partial charge in [-0.2, -0.15) is 0 Å². The van der Waals surface area contributed by atoms with Crippen molar-refractivity contribution in [3.8, 4) is 11.3 Å². The summed E-state index contributed by atoms with van der Waals surface area (Å²) in [4.78, 5) is 14.9. The molecule has 0 amide bonds. The summed E-state index contributed by atoms with van der Waals surface area (Å²) >= 11 is 0. The average molecular weight is 365 g/mol. The van der Waals surface area contributed by atoms with Crippen LogP contribution >= 0.6 is 12.4 Å². The molecule has 0 bridgehead atoms. The van der Waals surface area contributed by atoms with Crippen molar-refractivity contribution < 1.29 is 9.87 Å². The number of nitrogens with one attached hydrogen (secondary N) is 1. The summed E-state index contributed by atoms with van der Waals surface area (Å²) in [6.07, 6.45) is 3.67. The molecule has 1 aliphatic rings. The third kappa shape index (κ3) is 3.75. The molecule has 0 aliphatic carbocycles. The number of anilines is 1. The van der Waals surface area contributed by atoms with Crippen molar-refractivity contribution in [2.75, 3.05) is 18.0 Å². The molecule has 1 aliphatic heterocycles. The highest BCUT2D eigenvalue weighted by molar-refractivity contribution is 5.90. The lowest BCUT2D eigenvalue weighted by atomic mass is 10.1. The predicted octanol–water partition coefficient (Wildman–Crippen LogP) is 3.66. The van der Waals surface area contributed by atoms with E-state index in [2.05, 4.69) is 19.9 Å². The van der Waals surface area contributed by atoms with Crippen LogP contribution in [0.2, 0.25) is 0 Å². The first-order valence-corrected chi connectivity index (χ1v) is 8.09. The Labute approximate surface area is 152 Å². The fraction of sp³-hybridized carbons (Fsp3) is 0.333. The molecule has 25 heavy (non-hydrogen) atoms. The fourth-order valence-corrected chi connectivity index (χ4v) is 3.26. The Morgan fingerprint density at radius 2 is 1.84 bits per heavy atom. The van der Waals surface area contributed by atoms with Crippen molar-refractivity contribution in [3.63, 3.8) is 0 Å². The third-order valence-electron chi connectivity index (χ3n) is 4.36. The number of rotatable bonds is 2. The van der Waals surface area contributed by atoms with E-state index in [9.17, 15) is 4.39 Å². The molecule has 1 aromatic carbocycles. The van der Waals surface area contributed by atoms with Crippen LogP contribution in [0.3, 0.4) is 0 Å². The van der Waals surface area contributed by atoms with Crippen LogP contribution in [0.1, 0.15) is 25.1 Å². The van der Waals surface area contributed by atoms with E-state index < -0.39 is 0 Å². The van der Waals surface area contributed by atoms with E-state index in [1.165, 1.54) is 31.4 Å². The number of fused-ring (bicyclic) bond motifs is 1. The molecule has 1 saturated heterocycles. The lowest BCUT2D eigenvalue weighted by Crippen LogP contribution is -2.30. The third-order valence-corrected chi connectivity index (χ3v) is 4.36. The van der Waals surface area contributed by atoms with Crippen molar-refractivity contribution in [2.45, 2.75) is 26.2 Å². The van der Waals surface area contributed by atoms with Crippen LogP contribution in [0.5, 0.6) is 0 Å². The summed E-state index contributed by atoms with van der Waals surface area (Å²) in [7, 11) is 0. The summed E-state index contributed by atoms with van der Waals surface area (Å²) < 4.78 is 13.5. The van der Waals surface area contributed by atoms with Crippen molar-refractivity contribution in [2.24, 2.45) is 0 Å². The van der Waals surface area contributed by atoms with E-state index in [1.807, 2.05) is 19.1 Å². The number of hydrogen-bond donors (Lipinski definition) is 1. The molecule has 4 rings (SSSR count). The van der Waals surface area contributed by atoms with Crippen LogP contribution in [0.4, 0.5) is 10.2 Å². The van der Waals surface area contributed by atoms with Crippen LogP contribution in [-0.4, -0.2) is 33.5 Å². The van der Waals surface area contributed by atoms with Gasteiger partial charge in [-0.25, -0.2) is 14.4 Å². The van der Waals surface area contributed by atoms with Crippen molar-refractivity contribution in [1.29, 1.82) is 0 Å². The molecular formula is C18H22ClFN4O. The van der Waals surface area contributed by atoms with E-state index in [0.29, 0.717) is 0 Å². The Hall–Kier alpha value is -2.18. The van der Waals surface area contributed by atoms with Gasteiger partial charge in [0.1, 0.15) is 17.2 Å². The smallest absolute Gasteiger partial charge is 0.156 e. The number of benzene rings is 1. The first kappa shape index (κ1) is 19.1. The number of aryl methyl sites for hydroxylation is 1. The average Bonchev–Trinajstić information content (AvgIpc) is 2.99. The van der Waals surface area contributed by atoms with Crippen molar-refractivity contribution >= 4 is 29.3 Å². The molecule has 0 atom stereocenters. The molecule has 0 unspecified atom stereocenters. The van der Waals surface area contributed by atoms with Crippen LogP contribution in [0.25, 0.3) is 22.3 Å². The maximum atomic E-state index is 13.5. The van der Waals surface area contributed by atoms with Crippen LogP contribution < -0.4 is 4.90 Å². The Morgan fingerprint density at radius 3 is 2.56 bits per heavy atom. The number of aromatic amines is 1. The molecule has 5 nitrogen and oxygen atoms in total. The SMILES string of the molecule is Cc1nc(N2CCCCC2)c2[nH]c(-c3cccc(F)c3)cc2n1.Cl.O. The van der Waals surface area contributed by atoms with E-state index in [1.54, 1.807) is 6.07 Å². The molecule has 3 heterocycles. The highest BCUT2D eigenvalue weighted by Gasteiger charge is 2.18. The molecule has 3 N–H and O–H groups in total.